The van der Waals surface area contributed by atoms with Gasteiger partial charge in [-0.2, -0.15) is 0 Å². The van der Waals surface area contributed by atoms with Crippen LogP contribution in [-0.4, -0.2) is 21.1 Å². The Bertz CT molecular complexity index is 649. The van der Waals surface area contributed by atoms with Crippen molar-refractivity contribution in [1.82, 2.24) is 4.98 Å². The summed E-state index contributed by atoms with van der Waals surface area (Å²) in [6, 6.07) is 7.09. The van der Waals surface area contributed by atoms with Crippen LogP contribution in [0.5, 0.6) is 11.5 Å². The molecule has 0 fully saturated rings. The normalized spacial score (nSPS) is 10.0. The molecule has 0 radical (unpaired) electrons. The van der Waals surface area contributed by atoms with Crippen LogP contribution in [0.3, 0.4) is 0 Å². The van der Waals surface area contributed by atoms with Crippen LogP contribution < -0.4 is 10.9 Å². The predicted octanol–water partition coefficient (Wildman–Crippen LogP) is 1.04. The number of phenolic OH excluding ortho intramolecular Hbond substituents is 1. The van der Waals surface area contributed by atoms with E-state index in [1.807, 2.05) is 0 Å². The third kappa shape index (κ3) is 2.32. The lowest BCUT2D eigenvalue weighted by Gasteiger charge is -2.07. The smallest absolute Gasteiger partial charge is 0.261 e. The number of amides is 1. The maximum atomic E-state index is 11.8. The van der Waals surface area contributed by atoms with Gasteiger partial charge in [-0.3, -0.25) is 9.59 Å². The minimum absolute atomic E-state index is 0.0853. The Morgan fingerprint density at radius 3 is 2.56 bits per heavy atom. The number of benzene rings is 1. The molecule has 2 rings (SSSR count). The highest BCUT2D eigenvalue weighted by Gasteiger charge is 2.13. The lowest BCUT2D eigenvalue weighted by Crippen LogP contribution is -2.15. The number of aromatic hydroxyl groups is 2. The Labute approximate surface area is 102 Å². The van der Waals surface area contributed by atoms with Gasteiger partial charge in [-0.15, -0.1) is 0 Å². The van der Waals surface area contributed by atoms with Crippen LogP contribution in [0.15, 0.2) is 41.3 Å². The van der Waals surface area contributed by atoms with Gasteiger partial charge in [0.15, 0.2) is 0 Å². The summed E-state index contributed by atoms with van der Waals surface area (Å²) in [7, 11) is 0. The number of aromatic nitrogens is 1. The van der Waals surface area contributed by atoms with Crippen LogP contribution in [0.4, 0.5) is 5.69 Å². The summed E-state index contributed by atoms with van der Waals surface area (Å²) in [6.07, 6.45) is 1.10. The van der Waals surface area contributed by atoms with Gasteiger partial charge in [0.05, 0.1) is 11.3 Å². The van der Waals surface area contributed by atoms with Gasteiger partial charge in [-0.05, 0) is 12.1 Å². The fourth-order valence-electron chi connectivity index (χ4n) is 1.41. The van der Waals surface area contributed by atoms with Crippen LogP contribution in [-0.2, 0) is 0 Å². The zero-order valence-corrected chi connectivity index (χ0v) is 9.18. The average Bonchev–Trinajstić information content (AvgIpc) is 2.32. The second-order valence-corrected chi connectivity index (χ2v) is 3.57. The summed E-state index contributed by atoms with van der Waals surface area (Å²) in [5.74, 6) is -1.15. The Balaban J connectivity index is 2.28. The van der Waals surface area contributed by atoms with Gasteiger partial charge in [0.1, 0.15) is 11.5 Å². The molecule has 0 atom stereocenters. The Morgan fingerprint density at radius 2 is 1.89 bits per heavy atom. The molecule has 0 spiro atoms. The van der Waals surface area contributed by atoms with Gasteiger partial charge in [0, 0.05) is 12.3 Å². The van der Waals surface area contributed by atoms with Crippen molar-refractivity contribution in [2.45, 2.75) is 0 Å². The molecule has 18 heavy (non-hydrogen) atoms. The molecule has 0 saturated carbocycles. The number of rotatable bonds is 2. The fraction of sp³-hybridized carbons (Fsp3) is 0. The summed E-state index contributed by atoms with van der Waals surface area (Å²) in [5.41, 5.74) is -0.377. The molecule has 0 saturated heterocycles. The first-order valence-electron chi connectivity index (χ1n) is 5.09. The molecule has 1 heterocycles. The maximum absolute atomic E-state index is 11.8. The van der Waals surface area contributed by atoms with E-state index in [1.54, 1.807) is 12.1 Å². The number of anilines is 1. The SMILES string of the molecule is O=C(Nc1ccccc1O)c1c[nH]c(=O)cc1O. The number of carbonyl (C=O) groups is 1. The molecular weight excluding hydrogens is 236 g/mol. The number of hydrogen-bond acceptors (Lipinski definition) is 4. The first kappa shape index (κ1) is 11.7. The number of pyridine rings is 1. The molecule has 0 bridgehead atoms. The van der Waals surface area contributed by atoms with Crippen LogP contribution in [0.2, 0.25) is 0 Å². The molecule has 1 aromatic heterocycles. The zero-order chi connectivity index (χ0) is 13.1. The molecule has 0 aliphatic carbocycles. The van der Waals surface area contributed by atoms with Crippen molar-refractivity contribution in [2.24, 2.45) is 0 Å². The van der Waals surface area contributed by atoms with Gasteiger partial charge in [-0.1, -0.05) is 12.1 Å². The van der Waals surface area contributed by atoms with E-state index in [9.17, 15) is 19.8 Å². The van der Waals surface area contributed by atoms with Crippen LogP contribution in [0.1, 0.15) is 10.4 Å². The van der Waals surface area contributed by atoms with Crippen molar-refractivity contribution in [3.05, 3.63) is 52.4 Å². The van der Waals surface area contributed by atoms with Crippen molar-refractivity contribution >= 4 is 11.6 Å². The number of aromatic amines is 1. The van der Waals surface area contributed by atoms with E-state index in [1.165, 1.54) is 12.1 Å². The molecule has 0 aliphatic rings. The van der Waals surface area contributed by atoms with Crippen molar-refractivity contribution in [1.29, 1.82) is 0 Å². The van der Waals surface area contributed by atoms with Gasteiger partial charge >= 0.3 is 0 Å². The van der Waals surface area contributed by atoms with E-state index in [-0.39, 0.29) is 17.0 Å². The molecule has 0 aliphatic heterocycles. The summed E-state index contributed by atoms with van der Waals surface area (Å²) in [5, 5.41) is 21.4. The number of carbonyl (C=O) groups excluding carboxylic acids is 1. The van der Waals surface area contributed by atoms with Gasteiger partial charge in [0.25, 0.3) is 11.5 Å². The van der Waals surface area contributed by atoms with Gasteiger partial charge < -0.3 is 20.5 Å². The fourth-order valence-corrected chi connectivity index (χ4v) is 1.41. The van der Waals surface area contributed by atoms with Crippen molar-refractivity contribution in [2.75, 3.05) is 5.32 Å². The third-order valence-corrected chi connectivity index (χ3v) is 2.30. The second-order valence-electron chi connectivity index (χ2n) is 3.57. The summed E-state index contributed by atoms with van der Waals surface area (Å²) >= 11 is 0. The van der Waals surface area contributed by atoms with Gasteiger partial charge in [0.2, 0.25) is 0 Å². The van der Waals surface area contributed by atoms with Crippen LogP contribution in [0, 0.1) is 0 Å². The molecule has 92 valence electrons. The standard InChI is InChI=1S/C12H10N2O4/c15-9-4-2-1-3-8(9)14-12(18)7-6-13-11(17)5-10(7)16/h1-6,15H,(H,14,18)(H2,13,16,17). The number of hydrogen-bond donors (Lipinski definition) is 4. The average molecular weight is 246 g/mol. The lowest BCUT2D eigenvalue weighted by molar-refractivity contribution is 0.102. The topological polar surface area (TPSA) is 102 Å². The number of nitrogens with one attached hydrogen (secondary N) is 2. The second kappa shape index (κ2) is 4.62. The molecule has 0 unspecified atom stereocenters. The van der Waals surface area contributed by atoms with E-state index >= 15 is 0 Å². The molecule has 6 nitrogen and oxygen atoms in total. The monoisotopic (exact) mass is 246 g/mol. The van der Waals surface area contributed by atoms with Crippen molar-refractivity contribution in [3.63, 3.8) is 0 Å². The summed E-state index contributed by atoms with van der Waals surface area (Å²) < 4.78 is 0. The molecule has 2 aromatic rings. The highest BCUT2D eigenvalue weighted by atomic mass is 16.3. The van der Waals surface area contributed by atoms with E-state index in [2.05, 4.69) is 10.3 Å². The first-order chi connectivity index (χ1) is 8.58. The maximum Gasteiger partial charge on any atom is 0.261 e. The van der Waals surface area contributed by atoms with E-state index in [0.29, 0.717) is 0 Å². The van der Waals surface area contributed by atoms with E-state index in [4.69, 9.17) is 0 Å². The van der Waals surface area contributed by atoms with Crippen molar-refractivity contribution < 1.29 is 15.0 Å². The summed E-state index contributed by atoms with van der Waals surface area (Å²) in [4.78, 5) is 25.0. The number of H-pyrrole nitrogens is 1. The highest BCUT2D eigenvalue weighted by molar-refractivity contribution is 6.06. The van der Waals surface area contributed by atoms with E-state index in [0.717, 1.165) is 12.3 Å². The molecule has 1 amide bonds. The minimum atomic E-state index is -0.634. The van der Waals surface area contributed by atoms with Crippen LogP contribution >= 0.6 is 0 Å². The minimum Gasteiger partial charge on any atom is -0.507 e. The van der Waals surface area contributed by atoms with Gasteiger partial charge in [-0.25, -0.2) is 0 Å². The summed E-state index contributed by atoms with van der Waals surface area (Å²) in [6.45, 7) is 0. The Kier molecular flexibility index (Phi) is 3.01. The third-order valence-electron chi connectivity index (χ3n) is 2.30. The number of phenols is 1. The van der Waals surface area contributed by atoms with E-state index < -0.39 is 17.2 Å². The predicted molar refractivity (Wildman–Crippen MR) is 64.8 cm³/mol. The van der Waals surface area contributed by atoms with Crippen LogP contribution in [0.25, 0.3) is 0 Å². The molecular formula is C12H10N2O4. The number of para-hydroxylation sites is 2. The molecule has 1 aromatic carbocycles. The zero-order valence-electron chi connectivity index (χ0n) is 9.18. The first-order valence-corrected chi connectivity index (χ1v) is 5.09. The Hall–Kier alpha value is -2.76. The largest absolute Gasteiger partial charge is 0.507 e. The molecule has 6 heteroatoms. The lowest BCUT2D eigenvalue weighted by atomic mass is 10.2. The Morgan fingerprint density at radius 1 is 1.17 bits per heavy atom. The van der Waals surface area contributed by atoms with Crippen molar-refractivity contribution in [3.8, 4) is 11.5 Å². The quantitative estimate of drug-likeness (QED) is 0.594. The molecule has 4 N–H and O–H groups in total. The highest BCUT2D eigenvalue weighted by Crippen LogP contribution is 2.23.